The molecule has 0 aliphatic carbocycles. The van der Waals surface area contributed by atoms with Gasteiger partial charge in [0.25, 0.3) is 0 Å². The Morgan fingerprint density at radius 1 is 1.17 bits per heavy atom. The van der Waals surface area contributed by atoms with E-state index in [2.05, 4.69) is 50.4 Å². The summed E-state index contributed by atoms with van der Waals surface area (Å²) in [4.78, 5) is 1.43. The molecule has 0 aliphatic rings. The molecule has 0 fully saturated rings. The average molecular weight is 288 g/mol. The first-order valence-corrected chi connectivity index (χ1v) is 7.58. The van der Waals surface area contributed by atoms with Crippen LogP contribution in [-0.2, 0) is 0 Å². The lowest BCUT2D eigenvalue weighted by atomic mass is 10.1. The van der Waals surface area contributed by atoms with Gasteiger partial charge in [0, 0.05) is 4.90 Å². The molecule has 0 bridgehead atoms. The molecule has 0 heterocycles. The quantitative estimate of drug-likeness (QED) is 0.557. The lowest BCUT2D eigenvalue weighted by molar-refractivity contribution is 0.537. The normalized spacial score (nSPS) is 10.4. The fraction of sp³-hybridized carbons (Fsp3) is 0.600. The second-order valence-electron chi connectivity index (χ2n) is 4.90. The SMILES string of the molecule is Cc1ccccc1SCCCNCCC(C)C.Cl. The predicted molar refractivity (Wildman–Crippen MR) is 86.1 cm³/mol. The van der Waals surface area contributed by atoms with Crippen molar-refractivity contribution in [3.8, 4) is 0 Å². The van der Waals surface area contributed by atoms with E-state index >= 15 is 0 Å². The molecule has 0 saturated heterocycles. The van der Waals surface area contributed by atoms with Gasteiger partial charge in [-0.25, -0.2) is 0 Å². The highest BCUT2D eigenvalue weighted by Crippen LogP contribution is 2.21. The van der Waals surface area contributed by atoms with Crippen LogP contribution in [0, 0.1) is 12.8 Å². The van der Waals surface area contributed by atoms with E-state index in [-0.39, 0.29) is 12.4 Å². The maximum absolute atomic E-state index is 3.50. The fourth-order valence-electron chi connectivity index (χ4n) is 1.61. The van der Waals surface area contributed by atoms with E-state index in [1.165, 1.54) is 29.1 Å². The third-order valence-electron chi connectivity index (χ3n) is 2.75. The molecule has 0 aromatic heterocycles. The van der Waals surface area contributed by atoms with Crippen LogP contribution in [0.4, 0.5) is 0 Å². The maximum atomic E-state index is 3.50. The summed E-state index contributed by atoms with van der Waals surface area (Å²) in [6, 6.07) is 8.62. The molecule has 0 radical (unpaired) electrons. The van der Waals surface area contributed by atoms with E-state index in [0.717, 1.165) is 19.0 Å². The van der Waals surface area contributed by atoms with Gasteiger partial charge in [0.05, 0.1) is 0 Å². The van der Waals surface area contributed by atoms with Gasteiger partial charge < -0.3 is 5.32 Å². The van der Waals surface area contributed by atoms with Crippen molar-refractivity contribution in [2.45, 2.75) is 38.5 Å². The van der Waals surface area contributed by atoms with Crippen LogP contribution in [0.15, 0.2) is 29.2 Å². The van der Waals surface area contributed by atoms with E-state index in [4.69, 9.17) is 0 Å². The second-order valence-corrected chi connectivity index (χ2v) is 6.04. The molecular weight excluding hydrogens is 262 g/mol. The van der Waals surface area contributed by atoms with Gasteiger partial charge in [-0.15, -0.1) is 24.2 Å². The molecule has 104 valence electrons. The molecule has 0 spiro atoms. The Balaban J connectivity index is 0.00000289. The molecule has 0 atom stereocenters. The monoisotopic (exact) mass is 287 g/mol. The lowest BCUT2D eigenvalue weighted by Crippen LogP contribution is -2.18. The highest BCUT2D eigenvalue weighted by Gasteiger charge is 1.97. The van der Waals surface area contributed by atoms with E-state index in [1.807, 2.05) is 11.8 Å². The molecule has 0 aliphatic heterocycles. The molecule has 0 saturated carbocycles. The van der Waals surface area contributed by atoms with Crippen molar-refractivity contribution in [3.63, 3.8) is 0 Å². The van der Waals surface area contributed by atoms with E-state index in [0.29, 0.717) is 0 Å². The van der Waals surface area contributed by atoms with E-state index in [1.54, 1.807) is 0 Å². The van der Waals surface area contributed by atoms with Crippen LogP contribution in [0.25, 0.3) is 0 Å². The van der Waals surface area contributed by atoms with Gasteiger partial charge in [0.15, 0.2) is 0 Å². The van der Waals surface area contributed by atoms with Crippen LogP contribution in [-0.4, -0.2) is 18.8 Å². The molecule has 1 aromatic carbocycles. The third kappa shape index (κ3) is 8.02. The number of rotatable bonds is 8. The van der Waals surface area contributed by atoms with Gasteiger partial charge in [0.2, 0.25) is 0 Å². The Morgan fingerprint density at radius 3 is 2.56 bits per heavy atom. The number of hydrogen-bond acceptors (Lipinski definition) is 2. The predicted octanol–water partition coefficient (Wildman–Crippen LogP) is 4.53. The Kier molecular flexibility index (Phi) is 10.6. The Morgan fingerprint density at radius 2 is 1.89 bits per heavy atom. The Labute approximate surface area is 123 Å². The molecule has 1 N–H and O–H groups in total. The number of hydrogen-bond donors (Lipinski definition) is 1. The number of aryl methyl sites for hydroxylation is 1. The van der Waals surface area contributed by atoms with Gasteiger partial charge in [-0.05, 0) is 56.2 Å². The fourth-order valence-corrected chi connectivity index (χ4v) is 2.59. The standard InChI is InChI=1S/C15H25NS.ClH/c1-13(2)9-11-16-10-6-12-17-15-8-5-4-7-14(15)3;/h4-5,7-8,13,16H,6,9-12H2,1-3H3;1H. The van der Waals surface area contributed by atoms with E-state index in [9.17, 15) is 0 Å². The molecule has 3 heteroatoms. The first-order chi connectivity index (χ1) is 8.20. The lowest BCUT2D eigenvalue weighted by Gasteiger charge is -2.07. The largest absolute Gasteiger partial charge is 0.317 e. The van der Waals surface area contributed by atoms with Gasteiger partial charge >= 0.3 is 0 Å². The van der Waals surface area contributed by atoms with Crippen molar-refractivity contribution in [2.75, 3.05) is 18.8 Å². The van der Waals surface area contributed by atoms with Crippen LogP contribution in [0.5, 0.6) is 0 Å². The van der Waals surface area contributed by atoms with Crippen molar-refractivity contribution in [3.05, 3.63) is 29.8 Å². The van der Waals surface area contributed by atoms with Crippen LogP contribution in [0.3, 0.4) is 0 Å². The highest BCUT2D eigenvalue weighted by molar-refractivity contribution is 7.99. The zero-order chi connectivity index (χ0) is 12.5. The maximum Gasteiger partial charge on any atom is 0.0101 e. The molecular formula is C15H26ClNS. The van der Waals surface area contributed by atoms with Gasteiger partial charge in [-0.1, -0.05) is 32.0 Å². The first kappa shape index (κ1) is 17.8. The van der Waals surface area contributed by atoms with Gasteiger partial charge in [-0.2, -0.15) is 0 Å². The summed E-state index contributed by atoms with van der Waals surface area (Å²) in [7, 11) is 0. The zero-order valence-corrected chi connectivity index (χ0v) is 13.4. The van der Waals surface area contributed by atoms with Crippen LogP contribution in [0.1, 0.15) is 32.3 Å². The Hall–Kier alpha value is -0.180. The summed E-state index contributed by atoms with van der Waals surface area (Å²) in [5.41, 5.74) is 1.39. The van der Waals surface area contributed by atoms with Crippen molar-refractivity contribution in [1.29, 1.82) is 0 Å². The number of benzene rings is 1. The summed E-state index contributed by atoms with van der Waals surface area (Å²) >= 11 is 1.97. The van der Waals surface area contributed by atoms with Crippen LogP contribution in [0.2, 0.25) is 0 Å². The smallest absolute Gasteiger partial charge is 0.0101 e. The second kappa shape index (κ2) is 10.7. The average Bonchev–Trinajstić information content (AvgIpc) is 2.30. The van der Waals surface area contributed by atoms with Crippen molar-refractivity contribution in [1.82, 2.24) is 5.32 Å². The Bertz CT molecular complexity index is 315. The summed E-state index contributed by atoms with van der Waals surface area (Å²) in [5.74, 6) is 2.02. The van der Waals surface area contributed by atoms with Gasteiger partial charge in [-0.3, -0.25) is 0 Å². The van der Waals surface area contributed by atoms with Crippen LogP contribution < -0.4 is 5.32 Å². The summed E-state index contributed by atoms with van der Waals surface area (Å²) in [6.45, 7) is 9.03. The van der Waals surface area contributed by atoms with Crippen molar-refractivity contribution in [2.24, 2.45) is 5.92 Å². The summed E-state index contributed by atoms with van der Waals surface area (Å²) in [6.07, 6.45) is 2.53. The zero-order valence-electron chi connectivity index (χ0n) is 11.7. The first-order valence-electron chi connectivity index (χ1n) is 6.59. The molecule has 0 unspecified atom stereocenters. The van der Waals surface area contributed by atoms with Crippen molar-refractivity contribution >= 4 is 24.2 Å². The molecule has 1 rings (SSSR count). The van der Waals surface area contributed by atoms with Gasteiger partial charge in [0.1, 0.15) is 0 Å². The molecule has 18 heavy (non-hydrogen) atoms. The molecule has 1 nitrogen and oxygen atoms in total. The minimum atomic E-state index is 0. The number of thioether (sulfide) groups is 1. The minimum Gasteiger partial charge on any atom is -0.317 e. The topological polar surface area (TPSA) is 12.0 Å². The molecule has 0 amide bonds. The van der Waals surface area contributed by atoms with Crippen molar-refractivity contribution < 1.29 is 0 Å². The number of nitrogens with one attached hydrogen (secondary N) is 1. The van der Waals surface area contributed by atoms with E-state index < -0.39 is 0 Å². The summed E-state index contributed by atoms with van der Waals surface area (Å²) < 4.78 is 0. The molecule has 1 aromatic rings. The minimum absolute atomic E-state index is 0. The highest BCUT2D eigenvalue weighted by atomic mass is 35.5. The third-order valence-corrected chi connectivity index (χ3v) is 4.01. The summed E-state index contributed by atoms with van der Waals surface area (Å²) in [5, 5.41) is 3.50. The van der Waals surface area contributed by atoms with Crippen LogP contribution >= 0.6 is 24.2 Å². The number of halogens is 1.